The first-order chi connectivity index (χ1) is 9.26. The number of sulfonamides is 1. The molecule has 114 valence electrons. The summed E-state index contributed by atoms with van der Waals surface area (Å²) in [7, 11) is -0.193. The average Bonchev–Trinajstić information content (AvgIpc) is 2.34. The van der Waals surface area contributed by atoms with Gasteiger partial charge in [0, 0.05) is 26.7 Å². The Morgan fingerprint density at radius 3 is 2.35 bits per heavy atom. The van der Waals surface area contributed by atoms with Crippen LogP contribution in [0.4, 0.5) is 0 Å². The molecule has 0 atom stereocenters. The van der Waals surface area contributed by atoms with Gasteiger partial charge in [-0.05, 0) is 29.7 Å². The number of aryl methyl sites for hydroxylation is 1. The molecule has 1 aromatic carbocycles. The van der Waals surface area contributed by atoms with Gasteiger partial charge in [0.2, 0.25) is 0 Å². The first-order valence-electron chi connectivity index (χ1n) is 6.81. The molecule has 6 heteroatoms. The fourth-order valence-electron chi connectivity index (χ4n) is 1.89. The Hall–Kier alpha value is -0.950. The molecule has 0 saturated heterocycles. The SMILES string of the molecule is CCc1ccc(S(=O)(=O)NN(C)C)cc1CNC(C)C. The summed E-state index contributed by atoms with van der Waals surface area (Å²) in [6, 6.07) is 5.66. The van der Waals surface area contributed by atoms with Crippen molar-refractivity contribution in [3.63, 3.8) is 0 Å². The van der Waals surface area contributed by atoms with Crippen LogP contribution in [0.3, 0.4) is 0 Å². The summed E-state index contributed by atoms with van der Waals surface area (Å²) in [6.45, 7) is 6.88. The molecule has 2 N–H and O–H groups in total. The number of hydrazine groups is 1. The summed E-state index contributed by atoms with van der Waals surface area (Å²) in [6.07, 6.45) is 0.885. The second kappa shape index (κ2) is 7.17. The lowest BCUT2D eigenvalue weighted by Crippen LogP contribution is -2.36. The van der Waals surface area contributed by atoms with Crippen LogP contribution in [0.1, 0.15) is 31.9 Å². The van der Waals surface area contributed by atoms with Crippen LogP contribution in [-0.2, 0) is 23.0 Å². The first-order valence-corrected chi connectivity index (χ1v) is 8.29. The van der Waals surface area contributed by atoms with Gasteiger partial charge >= 0.3 is 0 Å². The zero-order valence-corrected chi connectivity index (χ0v) is 13.7. The Morgan fingerprint density at radius 1 is 1.20 bits per heavy atom. The summed E-state index contributed by atoms with van der Waals surface area (Å²) in [4.78, 5) is 2.75. The van der Waals surface area contributed by atoms with E-state index in [1.54, 1.807) is 26.2 Å². The molecule has 1 rings (SSSR count). The van der Waals surface area contributed by atoms with E-state index in [1.165, 1.54) is 10.6 Å². The van der Waals surface area contributed by atoms with Crippen molar-refractivity contribution in [1.29, 1.82) is 0 Å². The maximum absolute atomic E-state index is 12.2. The fourth-order valence-corrected chi connectivity index (χ4v) is 3.02. The Bertz CT molecular complexity index is 539. The van der Waals surface area contributed by atoms with E-state index in [9.17, 15) is 8.42 Å². The lowest BCUT2D eigenvalue weighted by atomic mass is 10.1. The Balaban J connectivity index is 3.08. The third-order valence-corrected chi connectivity index (χ3v) is 4.35. The minimum Gasteiger partial charge on any atom is -0.310 e. The molecule has 0 bridgehead atoms. The van der Waals surface area contributed by atoms with E-state index in [0.29, 0.717) is 17.5 Å². The van der Waals surface area contributed by atoms with E-state index < -0.39 is 10.0 Å². The number of hydrogen-bond donors (Lipinski definition) is 2. The number of nitrogens with one attached hydrogen (secondary N) is 2. The van der Waals surface area contributed by atoms with Gasteiger partial charge in [-0.1, -0.05) is 26.8 Å². The van der Waals surface area contributed by atoms with Crippen LogP contribution in [0.2, 0.25) is 0 Å². The molecule has 0 aliphatic carbocycles. The molecular weight excluding hydrogens is 274 g/mol. The van der Waals surface area contributed by atoms with E-state index in [4.69, 9.17) is 0 Å². The minimum absolute atomic E-state index is 0.295. The summed E-state index contributed by atoms with van der Waals surface area (Å²) >= 11 is 0. The van der Waals surface area contributed by atoms with Gasteiger partial charge in [0.25, 0.3) is 10.0 Å². The van der Waals surface area contributed by atoms with E-state index in [0.717, 1.165) is 12.0 Å². The molecule has 0 aliphatic rings. The van der Waals surface area contributed by atoms with Crippen molar-refractivity contribution in [2.75, 3.05) is 14.1 Å². The van der Waals surface area contributed by atoms with Crippen LogP contribution >= 0.6 is 0 Å². The maximum atomic E-state index is 12.2. The van der Waals surface area contributed by atoms with E-state index in [-0.39, 0.29) is 0 Å². The van der Waals surface area contributed by atoms with Crippen molar-refractivity contribution in [2.45, 2.75) is 44.7 Å². The smallest absolute Gasteiger partial charge is 0.253 e. The predicted octanol–water partition coefficient (Wildman–Crippen LogP) is 1.50. The summed E-state index contributed by atoms with van der Waals surface area (Å²) in [5, 5.41) is 4.76. The van der Waals surface area contributed by atoms with Gasteiger partial charge in [-0.25, -0.2) is 13.4 Å². The standard InChI is InChI=1S/C14H25N3O2S/c1-6-12-7-8-14(20(18,19)16-17(4)5)9-13(12)10-15-11(2)3/h7-9,11,15-16H,6,10H2,1-5H3. The Kier molecular flexibility index (Phi) is 6.13. The van der Waals surface area contributed by atoms with E-state index in [2.05, 4.69) is 30.9 Å². The molecule has 0 amide bonds. The molecule has 0 unspecified atom stereocenters. The van der Waals surface area contributed by atoms with Crippen molar-refractivity contribution in [2.24, 2.45) is 0 Å². The van der Waals surface area contributed by atoms with Crippen molar-refractivity contribution < 1.29 is 8.42 Å². The quantitative estimate of drug-likeness (QED) is 0.749. The highest BCUT2D eigenvalue weighted by Gasteiger charge is 2.16. The molecule has 0 radical (unpaired) electrons. The topological polar surface area (TPSA) is 61.4 Å². The van der Waals surface area contributed by atoms with Gasteiger partial charge in [-0.2, -0.15) is 0 Å². The van der Waals surface area contributed by atoms with Crippen LogP contribution < -0.4 is 10.1 Å². The summed E-state index contributed by atoms with van der Waals surface area (Å²) < 4.78 is 24.3. The number of hydrogen-bond acceptors (Lipinski definition) is 4. The molecule has 0 heterocycles. The van der Waals surface area contributed by atoms with Crippen molar-refractivity contribution in [3.05, 3.63) is 29.3 Å². The highest BCUT2D eigenvalue weighted by Crippen LogP contribution is 2.17. The minimum atomic E-state index is -3.50. The molecule has 0 aromatic heterocycles. The largest absolute Gasteiger partial charge is 0.310 e. The predicted molar refractivity (Wildman–Crippen MR) is 81.8 cm³/mol. The Morgan fingerprint density at radius 2 is 1.85 bits per heavy atom. The van der Waals surface area contributed by atoms with Crippen LogP contribution in [0, 0.1) is 0 Å². The van der Waals surface area contributed by atoms with Crippen LogP contribution in [0.5, 0.6) is 0 Å². The lowest BCUT2D eigenvalue weighted by Gasteiger charge is -2.16. The van der Waals surface area contributed by atoms with Gasteiger partial charge in [0.1, 0.15) is 0 Å². The van der Waals surface area contributed by atoms with Gasteiger partial charge in [0.05, 0.1) is 4.90 Å². The number of rotatable bonds is 7. The van der Waals surface area contributed by atoms with Gasteiger partial charge in [0.15, 0.2) is 0 Å². The van der Waals surface area contributed by atoms with Crippen LogP contribution in [-0.4, -0.2) is 33.6 Å². The molecule has 0 fully saturated rings. The van der Waals surface area contributed by atoms with E-state index >= 15 is 0 Å². The third kappa shape index (κ3) is 4.86. The van der Waals surface area contributed by atoms with Crippen LogP contribution in [0.15, 0.2) is 23.1 Å². The zero-order chi connectivity index (χ0) is 15.3. The molecule has 1 aromatic rings. The lowest BCUT2D eigenvalue weighted by molar-refractivity contribution is 0.364. The first kappa shape index (κ1) is 17.1. The van der Waals surface area contributed by atoms with Crippen molar-refractivity contribution >= 4 is 10.0 Å². The summed E-state index contributed by atoms with van der Waals surface area (Å²) in [5.74, 6) is 0. The molecule has 5 nitrogen and oxygen atoms in total. The maximum Gasteiger partial charge on any atom is 0.253 e. The van der Waals surface area contributed by atoms with Crippen molar-refractivity contribution in [1.82, 2.24) is 15.2 Å². The highest BCUT2D eigenvalue weighted by molar-refractivity contribution is 7.89. The number of benzene rings is 1. The van der Waals surface area contributed by atoms with Gasteiger partial charge in [-0.15, -0.1) is 4.83 Å². The molecular formula is C14H25N3O2S. The van der Waals surface area contributed by atoms with Gasteiger partial charge < -0.3 is 5.32 Å². The Labute approximate surface area is 122 Å². The molecule has 0 saturated carbocycles. The van der Waals surface area contributed by atoms with E-state index in [1.807, 2.05) is 6.07 Å². The van der Waals surface area contributed by atoms with Crippen molar-refractivity contribution in [3.8, 4) is 0 Å². The monoisotopic (exact) mass is 299 g/mol. The second-order valence-electron chi connectivity index (χ2n) is 5.31. The normalized spacial score (nSPS) is 12.3. The molecule has 0 aliphatic heterocycles. The zero-order valence-electron chi connectivity index (χ0n) is 12.9. The molecule has 0 spiro atoms. The number of nitrogens with zero attached hydrogens (tertiary/aromatic N) is 1. The average molecular weight is 299 g/mol. The fraction of sp³-hybridized carbons (Fsp3) is 0.571. The highest BCUT2D eigenvalue weighted by atomic mass is 32.2. The summed E-state index contributed by atoms with van der Waals surface area (Å²) in [5.41, 5.74) is 2.20. The second-order valence-corrected chi connectivity index (χ2v) is 6.97. The molecule has 20 heavy (non-hydrogen) atoms. The van der Waals surface area contributed by atoms with Crippen LogP contribution in [0.25, 0.3) is 0 Å². The third-order valence-electron chi connectivity index (χ3n) is 2.87. The van der Waals surface area contributed by atoms with Gasteiger partial charge in [-0.3, -0.25) is 0 Å².